The van der Waals surface area contributed by atoms with Crippen molar-refractivity contribution < 1.29 is 22.6 Å². The summed E-state index contributed by atoms with van der Waals surface area (Å²) in [6.45, 7) is 0.879. The number of nitrogen functional groups attached to an aromatic ring is 1. The van der Waals surface area contributed by atoms with Crippen molar-refractivity contribution in [2.24, 2.45) is 0 Å². The first-order chi connectivity index (χ1) is 7.95. The molecule has 0 bridgehead atoms. The molecule has 0 aliphatic rings. The molecule has 17 heavy (non-hydrogen) atoms. The van der Waals surface area contributed by atoms with E-state index in [9.17, 15) is 13.2 Å². The van der Waals surface area contributed by atoms with Crippen LogP contribution >= 0.6 is 0 Å². The Morgan fingerprint density at radius 2 is 1.94 bits per heavy atom. The summed E-state index contributed by atoms with van der Waals surface area (Å²) in [7, 11) is 1.56. The maximum atomic E-state index is 12.3. The minimum atomic E-state index is -4.39. The summed E-state index contributed by atoms with van der Waals surface area (Å²) < 4.78 is 47.1. The molecule has 0 radical (unpaired) electrons. The van der Waals surface area contributed by atoms with E-state index >= 15 is 0 Å². The Morgan fingerprint density at radius 3 is 2.47 bits per heavy atom. The zero-order chi connectivity index (χ0) is 12.9. The summed E-state index contributed by atoms with van der Waals surface area (Å²) >= 11 is 0. The second-order valence-electron chi connectivity index (χ2n) is 3.45. The van der Waals surface area contributed by atoms with Crippen molar-refractivity contribution in [3.8, 4) is 5.75 Å². The van der Waals surface area contributed by atoms with Gasteiger partial charge in [0.2, 0.25) is 0 Å². The van der Waals surface area contributed by atoms with Gasteiger partial charge in [0.25, 0.3) is 0 Å². The predicted molar refractivity (Wildman–Crippen MR) is 57.8 cm³/mol. The van der Waals surface area contributed by atoms with Crippen LogP contribution in [0.1, 0.15) is 12.0 Å². The van der Waals surface area contributed by atoms with Crippen molar-refractivity contribution in [3.05, 3.63) is 23.8 Å². The van der Waals surface area contributed by atoms with E-state index in [0.29, 0.717) is 19.6 Å². The summed E-state index contributed by atoms with van der Waals surface area (Å²) in [6.07, 6.45) is -3.74. The van der Waals surface area contributed by atoms with Crippen molar-refractivity contribution in [2.75, 3.05) is 26.1 Å². The number of nitrogens with two attached hydrogens (primary N) is 1. The lowest BCUT2D eigenvalue weighted by Crippen LogP contribution is -2.07. The van der Waals surface area contributed by atoms with Gasteiger partial charge in [0.05, 0.1) is 17.9 Å². The lowest BCUT2D eigenvalue weighted by atomic mass is 10.2. The summed E-state index contributed by atoms with van der Waals surface area (Å²) in [5.74, 6) is 0.258. The first-order valence-corrected chi connectivity index (χ1v) is 5.03. The van der Waals surface area contributed by atoms with Crippen LogP contribution in [-0.4, -0.2) is 20.3 Å². The molecule has 96 valence electrons. The maximum Gasteiger partial charge on any atom is 0.416 e. The average Bonchev–Trinajstić information content (AvgIpc) is 2.24. The van der Waals surface area contributed by atoms with Crippen LogP contribution in [0, 0.1) is 0 Å². The van der Waals surface area contributed by atoms with Crippen LogP contribution in [0.2, 0.25) is 0 Å². The first-order valence-electron chi connectivity index (χ1n) is 5.03. The van der Waals surface area contributed by atoms with Crippen LogP contribution < -0.4 is 10.5 Å². The second kappa shape index (κ2) is 5.77. The molecule has 3 nitrogen and oxygen atoms in total. The summed E-state index contributed by atoms with van der Waals surface area (Å²) in [5.41, 5.74) is 4.68. The lowest BCUT2D eigenvalue weighted by Gasteiger charge is -2.11. The van der Waals surface area contributed by atoms with Crippen molar-refractivity contribution in [1.29, 1.82) is 0 Å². The van der Waals surface area contributed by atoms with Crippen LogP contribution in [-0.2, 0) is 10.9 Å². The number of anilines is 1. The standard InChI is InChI=1S/C11H14F3NO2/c1-16-5-2-6-17-10-4-3-8(7-9(10)15)11(12,13)14/h3-4,7H,2,5-6,15H2,1H3. The number of halogens is 3. The number of rotatable bonds is 5. The summed E-state index contributed by atoms with van der Waals surface area (Å²) in [6, 6.07) is 3.04. The number of hydrogen-bond acceptors (Lipinski definition) is 3. The lowest BCUT2D eigenvalue weighted by molar-refractivity contribution is -0.137. The van der Waals surface area contributed by atoms with Gasteiger partial charge in [0.15, 0.2) is 0 Å². The molecular weight excluding hydrogens is 235 g/mol. The second-order valence-corrected chi connectivity index (χ2v) is 3.45. The fourth-order valence-electron chi connectivity index (χ4n) is 1.24. The molecule has 0 aromatic heterocycles. The van der Waals surface area contributed by atoms with Gasteiger partial charge in [-0.05, 0) is 18.2 Å². The Labute approximate surface area is 97.3 Å². The van der Waals surface area contributed by atoms with E-state index < -0.39 is 11.7 Å². The van der Waals surface area contributed by atoms with E-state index in [1.54, 1.807) is 7.11 Å². The molecule has 0 saturated carbocycles. The molecular formula is C11H14F3NO2. The first kappa shape index (κ1) is 13.6. The molecule has 0 aliphatic heterocycles. The molecule has 0 spiro atoms. The Bertz CT molecular complexity index is 366. The minimum Gasteiger partial charge on any atom is -0.491 e. The zero-order valence-corrected chi connectivity index (χ0v) is 9.38. The molecule has 0 saturated heterocycles. The van der Waals surface area contributed by atoms with E-state index in [0.717, 1.165) is 12.1 Å². The number of ether oxygens (including phenoxy) is 2. The van der Waals surface area contributed by atoms with Crippen LogP contribution in [0.25, 0.3) is 0 Å². The van der Waals surface area contributed by atoms with Crippen molar-refractivity contribution >= 4 is 5.69 Å². The quantitative estimate of drug-likeness (QED) is 0.644. The highest BCUT2D eigenvalue weighted by Crippen LogP contribution is 2.33. The monoisotopic (exact) mass is 249 g/mol. The molecule has 1 aromatic rings. The third-order valence-electron chi connectivity index (χ3n) is 2.09. The number of benzene rings is 1. The van der Waals surface area contributed by atoms with Crippen LogP contribution in [0.3, 0.4) is 0 Å². The van der Waals surface area contributed by atoms with Crippen LogP contribution in [0.15, 0.2) is 18.2 Å². The number of hydrogen-bond donors (Lipinski definition) is 1. The number of methoxy groups -OCH3 is 1. The fraction of sp³-hybridized carbons (Fsp3) is 0.455. The van der Waals surface area contributed by atoms with Crippen molar-refractivity contribution in [3.63, 3.8) is 0 Å². The van der Waals surface area contributed by atoms with Gasteiger partial charge >= 0.3 is 6.18 Å². The maximum absolute atomic E-state index is 12.3. The molecule has 0 unspecified atom stereocenters. The molecule has 0 atom stereocenters. The highest BCUT2D eigenvalue weighted by molar-refractivity contribution is 5.54. The molecule has 1 aromatic carbocycles. The van der Waals surface area contributed by atoms with Gasteiger partial charge in [-0.3, -0.25) is 0 Å². The van der Waals surface area contributed by atoms with Crippen LogP contribution in [0.4, 0.5) is 18.9 Å². The van der Waals surface area contributed by atoms with Gasteiger partial charge < -0.3 is 15.2 Å². The summed E-state index contributed by atoms with van der Waals surface area (Å²) in [4.78, 5) is 0. The van der Waals surface area contributed by atoms with Gasteiger partial charge in [-0.2, -0.15) is 13.2 Å². The van der Waals surface area contributed by atoms with Crippen LogP contribution in [0.5, 0.6) is 5.75 Å². The molecule has 1 rings (SSSR count). The highest BCUT2D eigenvalue weighted by atomic mass is 19.4. The van der Waals surface area contributed by atoms with Gasteiger partial charge in [-0.15, -0.1) is 0 Å². The largest absolute Gasteiger partial charge is 0.491 e. The third kappa shape index (κ3) is 4.14. The van der Waals surface area contributed by atoms with E-state index in [-0.39, 0.29) is 11.4 Å². The Hall–Kier alpha value is -1.43. The predicted octanol–water partition coefficient (Wildman–Crippen LogP) is 2.70. The highest BCUT2D eigenvalue weighted by Gasteiger charge is 2.30. The van der Waals surface area contributed by atoms with Gasteiger partial charge in [0.1, 0.15) is 5.75 Å². The van der Waals surface area contributed by atoms with Gasteiger partial charge in [-0.25, -0.2) is 0 Å². The Kier molecular flexibility index (Phi) is 4.62. The van der Waals surface area contributed by atoms with Gasteiger partial charge in [-0.1, -0.05) is 0 Å². The minimum absolute atomic E-state index is 0.0164. The Balaban J connectivity index is 2.64. The molecule has 6 heteroatoms. The number of alkyl halides is 3. The average molecular weight is 249 g/mol. The molecule has 0 heterocycles. The van der Waals surface area contributed by atoms with E-state index in [1.165, 1.54) is 6.07 Å². The van der Waals surface area contributed by atoms with E-state index in [1.807, 2.05) is 0 Å². The smallest absolute Gasteiger partial charge is 0.416 e. The third-order valence-corrected chi connectivity index (χ3v) is 2.09. The summed E-state index contributed by atoms with van der Waals surface area (Å²) in [5, 5.41) is 0. The van der Waals surface area contributed by atoms with Gasteiger partial charge in [0, 0.05) is 20.1 Å². The van der Waals surface area contributed by atoms with Crippen molar-refractivity contribution in [1.82, 2.24) is 0 Å². The van der Waals surface area contributed by atoms with E-state index in [2.05, 4.69) is 0 Å². The molecule has 2 N–H and O–H groups in total. The SMILES string of the molecule is COCCCOc1ccc(C(F)(F)F)cc1N. The fourth-order valence-corrected chi connectivity index (χ4v) is 1.24. The molecule has 0 amide bonds. The molecule has 0 fully saturated rings. The van der Waals surface area contributed by atoms with E-state index in [4.69, 9.17) is 15.2 Å². The van der Waals surface area contributed by atoms with Crippen molar-refractivity contribution in [2.45, 2.75) is 12.6 Å². The normalized spacial score (nSPS) is 11.5. The zero-order valence-electron chi connectivity index (χ0n) is 9.38. The Morgan fingerprint density at radius 1 is 1.24 bits per heavy atom. The molecule has 0 aliphatic carbocycles. The topological polar surface area (TPSA) is 44.5 Å².